The fourth-order valence-electron chi connectivity index (χ4n) is 2.25. The second-order valence-electron chi connectivity index (χ2n) is 5.30. The molecule has 2 N–H and O–H groups in total. The molecule has 0 bridgehead atoms. The van der Waals surface area contributed by atoms with E-state index >= 15 is 0 Å². The van der Waals surface area contributed by atoms with Gasteiger partial charge in [-0.15, -0.1) is 0 Å². The van der Waals surface area contributed by atoms with E-state index in [1.807, 2.05) is 24.0 Å². The molecule has 4 nitrogen and oxygen atoms in total. The number of morpholine rings is 1. The predicted molar refractivity (Wildman–Crippen MR) is 77.4 cm³/mol. The highest BCUT2D eigenvalue weighted by molar-refractivity contribution is 5.49. The van der Waals surface area contributed by atoms with Crippen LogP contribution in [-0.4, -0.2) is 44.6 Å². The van der Waals surface area contributed by atoms with Crippen LogP contribution in [0.3, 0.4) is 0 Å². The fourth-order valence-corrected chi connectivity index (χ4v) is 2.25. The third kappa shape index (κ3) is 4.16. The van der Waals surface area contributed by atoms with Gasteiger partial charge in [-0.1, -0.05) is 13.0 Å². The van der Waals surface area contributed by atoms with Crippen molar-refractivity contribution in [1.82, 2.24) is 5.32 Å². The summed E-state index contributed by atoms with van der Waals surface area (Å²) >= 11 is 0. The van der Waals surface area contributed by atoms with Crippen LogP contribution in [0.25, 0.3) is 0 Å². The van der Waals surface area contributed by atoms with Gasteiger partial charge in [-0.3, -0.25) is 0 Å². The number of hydrogen-bond donors (Lipinski definition) is 2. The van der Waals surface area contributed by atoms with E-state index in [0.717, 1.165) is 25.2 Å². The molecular weight excluding hydrogens is 259 g/mol. The normalized spacial score (nSPS) is 17.2. The maximum atomic E-state index is 14.1. The number of ether oxygens (including phenoxy) is 1. The molecule has 112 valence electrons. The van der Waals surface area contributed by atoms with E-state index in [9.17, 15) is 4.39 Å². The maximum Gasteiger partial charge on any atom is 0.146 e. The SMILES string of the molecule is CC(CO)CNCc1ccc(N2CCOCC2)c(F)c1. The van der Waals surface area contributed by atoms with Gasteiger partial charge in [-0.25, -0.2) is 4.39 Å². The number of rotatable bonds is 6. The van der Waals surface area contributed by atoms with Crippen molar-refractivity contribution in [3.8, 4) is 0 Å². The summed E-state index contributed by atoms with van der Waals surface area (Å²) in [6.45, 7) is 6.26. The second-order valence-corrected chi connectivity index (χ2v) is 5.30. The van der Waals surface area contributed by atoms with Gasteiger partial charge in [0.15, 0.2) is 0 Å². The van der Waals surface area contributed by atoms with Crippen LogP contribution in [0.1, 0.15) is 12.5 Å². The summed E-state index contributed by atoms with van der Waals surface area (Å²) < 4.78 is 19.4. The second kappa shape index (κ2) is 7.57. The number of nitrogens with one attached hydrogen (secondary N) is 1. The van der Waals surface area contributed by atoms with Crippen molar-refractivity contribution in [2.24, 2.45) is 5.92 Å². The Kier molecular flexibility index (Phi) is 5.76. The van der Waals surface area contributed by atoms with Crippen LogP contribution in [0.4, 0.5) is 10.1 Å². The number of hydrogen-bond acceptors (Lipinski definition) is 4. The van der Waals surface area contributed by atoms with Crippen LogP contribution in [-0.2, 0) is 11.3 Å². The molecule has 2 rings (SSSR count). The van der Waals surface area contributed by atoms with E-state index in [1.54, 1.807) is 6.07 Å². The van der Waals surface area contributed by atoms with Crippen molar-refractivity contribution >= 4 is 5.69 Å². The number of aliphatic hydroxyl groups excluding tert-OH is 1. The molecule has 0 radical (unpaired) electrons. The molecule has 1 aliphatic heterocycles. The van der Waals surface area contributed by atoms with Gasteiger partial charge in [0.05, 0.1) is 18.9 Å². The van der Waals surface area contributed by atoms with Gasteiger partial charge in [-0.2, -0.15) is 0 Å². The fraction of sp³-hybridized carbons (Fsp3) is 0.600. The molecule has 1 atom stereocenters. The van der Waals surface area contributed by atoms with E-state index in [4.69, 9.17) is 9.84 Å². The zero-order valence-corrected chi connectivity index (χ0v) is 11.9. The topological polar surface area (TPSA) is 44.7 Å². The molecule has 0 aromatic heterocycles. The highest BCUT2D eigenvalue weighted by Gasteiger charge is 2.15. The minimum absolute atomic E-state index is 0.164. The molecule has 1 aromatic rings. The summed E-state index contributed by atoms with van der Waals surface area (Å²) in [6, 6.07) is 5.37. The van der Waals surface area contributed by atoms with Gasteiger partial charge in [0, 0.05) is 32.8 Å². The minimum atomic E-state index is -0.179. The summed E-state index contributed by atoms with van der Waals surface area (Å²) in [5.74, 6) is 0.0360. The summed E-state index contributed by atoms with van der Waals surface area (Å²) in [7, 11) is 0. The highest BCUT2D eigenvalue weighted by atomic mass is 19.1. The predicted octanol–water partition coefficient (Wildman–Crippen LogP) is 1.38. The van der Waals surface area contributed by atoms with E-state index < -0.39 is 0 Å². The average molecular weight is 282 g/mol. The molecule has 1 aliphatic rings. The lowest BCUT2D eigenvalue weighted by atomic mass is 10.1. The number of halogens is 1. The monoisotopic (exact) mass is 282 g/mol. The smallest absolute Gasteiger partial charge is 0.146 e. The lowest BCUT2D eigenvalue weighted by Gasteiger charge is -2.29. The van der Waals surface area contributed by atoms with Crippen molar-refractivity contribution in [3.05, 3.63) is 29.6 Å². The van der Waals surface area contributed by atoms with Gasteiger partial charge in [0.25, 0.3) is 0 Å². The van der Waals surface area contributed by atoms with Gasteiger partial charge in [0.2, 0.25) is 0 Å². The minimum Gasteiger partial charge on any atom is -0.396 e. The van der Waals surface area contributed by atoms with Crippen LogP contribution < -0.4 is 10.2 Å². The zero-order chi connectivity index (χ0) is 14.4. The summed E-state index contributed by atoms with van der Waals surface area (Å²) in [4.78, 5) is 2.02. The quantitative estimate of drug-likeness (QED) is 0.827. The van der Waals surface area contributed by atoms with E-state index in [2.05, 4.69) is 5.32 Å². The van der Waals surface area contributed by atoms with Crippen molar-refractivity contribution in [2.75, 3.05) is 44.4 Å². The molecule has 0 spiro atoms. The van der Waals surface area contributed by atoms with Crippen LogP contribution in [0.15, 0.2) is 18.2 Å². The molecule has 0 saturated carbocycles. The number of benzene rings is 1. The first kappa shape index (κ1) is 15.2. The first-order valence-corrected chi connectivity index (χ1v) is 7.13. The van der Waals surface area contributed by atoms with Gasteiger partial charge < -0.3 is 20.1 Å². The highest BCUT2D eigenvalue weighted by Crippen LogP contribution is 2.21. The number of nitrogens with zero attached hydrogens (tertiary/aromatic N) is 1. The van der Waals surface area contributed by atoms with Crippen LogP contribution in [0.5, 0.6) is 0 Å². The Bertz CT molecular complexity index is 422. The van der Waals surface area contributed by atoms with Gasteiger partial charge in [0.1, 0.15) is 5.82 Å². The molecule has 0 aliphatic carbocycles. The first-order chi connectivity index (χ1) is 9.70. The van der Waals surface area contributed by atoms with Crippen LogP contribution >= 0.6 is 0 Å². The molecule has 1 aromatic carbocycles. The third-order valence-corrected chi connectivity index (χ3v) is 3.50. The lowest BCUT2D eigenvalue weighted by molar-refractivity contribution is 0.122. The van der Waals surface area contributed by atoms with Crippen molar-refractivity contribution in [3.63, 3.8) is 0 Å². The first-order valence-electron chi connectivity index (χ1n) is 7.13. The number of anilines is 1. The lowest BCUT2D eigenvalue weighted by Crippen LogP contribution is -2.36. The molecular formula is C15H23FN2O2. The maximum absolute atomic E-state index is 14.1. The Hall–Kier alpha value is -1.17. The van der Waals surface area contributed by atoms with E-state index in [0.29, 0.717) is 25.4 Å². The van der Waals surface area contributed by atoms with Gasteiger partial charge in [-0.05, 0) is 23.6 Å². The molecule has 5 heteroatoms. The van der Waals surface area contributed by atoms with Crippen LogP contribution in [0, 0.1) is 11.7 Å². The average Bonchev–Trinajstić information content (AvgIpc) is 2.48. The molecule has 1 fully saturated rings. The van der Waals surface area contributed by atoms with Crippen molar-refractivity contribution in [1.29, 1.82) is 0 Å². The largest absolute Gasteiger partial charge is 0.396 e. The van der Waals surface area contributed by atoms with Crippen molar-refractivity contribution < 1.29 is 14.2 Å². The van der Waals surface area contributed by atoms with Gasteiger partial charge >= 0.3 is 0 Å². The molecule has 1 unspecified atom stereocenters. The molecule has 0 amide bonds. The summed E-state index contributed by atoms with van der Waals surface area (Å²) in [5, 5.41) is 12.2. The Morgan fingerprint density at radius 1 is 1.40 bits per heavy atom. The van der Waals surface area contributed by atoms with E-state index in [-0.39, 0.29) is 18.3 Å². The van der Waals surface area contributed by atoms with Crippen LogP contribution in [0.2, 0.25) is 0 Å². The summed E-state index contributed by atoms with van der Waals surface area (Å²) in [5.41, 5.74) is 1.57. The van der Waals surface area contributed by atoms with E-state index in [1.165, 1.54) is 0 Å². The standard InChI is InChI=1S/C15H23FN2O2/c1-12(11-19)9-17-10-13-2-3-15(14(16)8-13)18-4-6-20-7-5-18/h2-3,8,12,17,19H,4-7,9-11H2,1H3. The summed E-state index contributed by atoms with van der Waals surface area (Å²) in [6.07, 6.45) is 0. The molecule has 20 heavy (non-hydrogen) atoms. The Morgan fingerprint density at radius 2 is 2.15 bits per heavy atom. The van der Waals surface area contributed by atoms with Crippen molar-refractivity contribution in [2.45, 2.75) is 13.5 Å². The third-order valence-electron chi connectivity index (χ3n) is 3.50. The zero-order valence-electron chi connectivity index (χ0n) is 11.9. The Labute approximate surface area is 119 Å². The Balaban J connectivity index is 1.91. The molecule has 1 heterocycles. The number of aliphatic hydroxyl groups is 1. The Morgan fingerprint density at radius 3 is 2.80 bits per heavy atom. The molecule has 1 saturated heterocycles.